The maximum atomic E-state index is 10.9. The molecule has 10 heteroatoms. The van der Waals surface area contributed by atoms with Crippen molar-refractivity contribution in [3.05, 3.63) is 51.8 Å². The number of phenols is 4. The molecule has 0 amide bonds. The van der Waals surface area contributed by atoms with Gasteiger partial charge in [-0.1, -0.05) is 11.2 Å². The van der Waals surface area contributed by atoms with Gasteiger partial charge in [-0.05, 0) is 30.2 Å². The molecule has 0 aliphatic heterocycles. The Morgan fingerprint density at radius 1 is 1.00 bits per heavy atom. The molecule has 4 N–H and O–H groups in total. The minimum atomic E-state index is -0.842. The first-order valence-electron chi connectivity index (χ1n) is 7.39. The molecule has 10 nitrogen and oxygen atoms in total. The van der Waals surface area contributed by atoms with E-state index < -0.39 is 22.1 Å². The Morgan fingerprint density at radius 3 is 2.46 bits per heavy atom. The summed E-state index contributed by atoms with van der Waals surface area (Å²) in [6, 6.07) is 6.52. The van der Waals surface area contributed by atoms with Gasteiger partial charge in [0.15, 0.2) is 23.1 Å². The summed E-state index contributed by atoms with van der Waals surface area (Å²) in [6.07, 6.45) is 0.799. The van der Waals surface area contributed by atoms with Crippen molar-refractivity contribution in [3.8, 4) is 34.5 Å². The summed E-state index contributed by atoms with van der Waals surface area (Å²) in [5.74, 6) is -1.71. The van der Waals surface area contributed by atoms with E-state index in [2.05, 4.69) is 10.1 Å². The minimum absolute atomic E-state index is 0.0491. The number of nitrogens with zero attached hydrogens (tertiary/aromatic N) is 3. The average Bonchev–Trinajstić information content (AvgIpc) is 3.07. The van der Waals surface area contributed by atoms with Crippen LogP contribution in [0.15, 0.2) is 34.9 Å². The molecule has 1 heterocycles. The van der Waals surface area contributed by atoms with E-state index in [1.54, 1.807) is 6.07 Å². The lowest BCUT2D eigenvalue weighted by atomic mass is 10.1. The number of benzene rings is 2. The summed E-state index contributed by atoms with van der Waals surface area (Å²) >= 11 is 0. The molecule has 1 aromatic heterocycles. The number of phenolic OH excluding ortho intramolecular Hbond substituents is 4. The minimum Gasteiger partial charge on any atom is -0.504 e. The van der Waals surface area contributed by atoms with Crippen LogP contribution >= 0.6 is 0 Å². The largest absolute Gasteiger partial charge is 0.504 e. The van der Waals surface area contributed by atoms with Crippen LogP contribution in [-0.4, -0.2) is 35.5 Å². The zero-order chi connectivity index (χ0) is 18.8. The van der Waals surface area contributed by atoms with Gasteiger partial charge >= 0.3 is 5.69 Å². The number of aryl methyl sites for hydroxylation is 2. The van der Waals surface area contributed by atoms with Crippen molar-refractivity contribution in [3.63, 3.8) is 0 Å². The molecule has 26 heavy (non-hydrogen) atoms. The highest BCUT2D eigenvalue weighted by molar-refractivity contribution is 5.67. The summed E-state index contributed by atoms with van der Waals surface area (Å²) < 4.78 is 5.05. The van der Waals surface area contributed by atoms with Crippen LogP contribution < -0.4 is 0 Å². The predicted octanol–water partition coefficient (Wildman–Crippen LogP) is 2.25. The Labute approximate surface area is 145 Å². The van der Waals surface area contributed by atoms with Crippen LogP contribution in [0.25, 0.3) is 11.5 Å². The maximum absolute atomic E-state index is 10.9. The highest BCUT2D eigenvalue weighted by atomic mass is 16.6. The number of hydrogen-bond acceptors (Lipinski definition) is 9. The van der Waals surface area contributed by atoms with Crippen molar-refractivity contribution in [2.45, 2.75) is 12.8 Å². The lowest BCUT2D eigenvalue weighted by Crippen LogP contribution is -1.94. The van der Waals surface area contributed by atoms with E-state index in [1.807, 2.05) is 0 Å². The van der Waals surface area contributed by atoms with Crippen LogP contribution in [0.3, 0.4) is 0 Å². The summed E-state index contributed by atoms with van der Waals surface area (Å²) in [7, 11) is 0. The quantitative estimate of drug-likeness (QED) is 0.304. The van der Waals surface area contributed by atoms with Crippen LogP contribution in [0, 0.1) is 10.1 Å². The van der Waals surface area contributed by atoms with E-state index in [9.17, 15) is 30.5 Å². The number of rotatable bonds is 5. The molecular formula is C16H13N3O7. The van der Waals surface area contributed by atoms with Crippen molar-refractivity contribution in [1.29, 1.82) is 0 Å². The van der Waals surface area contributed by atoms with Gasteiger partial charge in [-0.25, -0.2) is 0 Å². The van der Waals surface area contributed by atoms with Gasteiger partial charge in [-0.15, -0.1) is 0 Å². The normalized spacial score (nSPS) is 10.8. The number of nitro benzene ring substituents is 1. The standard InChI is InChI=1S/C16H13N3O7/c20-11-3-1-8(5-12(11)21)2-4-14-17-16(26-18-14)9-6-10(19(24)25)15(23)13(22)7-9/h1,3,5-7,20-23H,2,4H2. The van der Waals surface area contributed by atoms with Gasteiger partial charge in [0.1, 0.15) is 0 Å². The van der Waals surface area contributed by atoms with Gasteiger partial charge in [0.05, 0.1) is 10.5 Å². The van der Waals surface area contributed by atoms with Crippen LogP contribution in [-0.2, 0) is 12.8 Å². The van der Waals surface area contributed by atoms with E-state index in [1.165, 1.54) is 12.1 Å². The fourth-order valence-corrected chi connectivity index (χ4v) is 2.32. The van der Waals surface area contributed by atoms with Crippen molar-refractivity contribution < 1.29 is 29.9 Å². The molecule has 0 saturated carbocycles. The third-order valence-electron chi connectivity index (χ3n) is 3.66. The molecule has 0 saturated heterocycles. The summed E-state index contributed by atoms with van der Waals surface area (Å²) in [5, 5.41) is 52.5. The lowest BCUT2D eigenvalue weighted by molar-refractivity contribution is -0.385. The van der Waals surface area contributed by atoms with Crippen LogP contribution in [0.4, 0.5) is 5.69 Å². The highest BCUT2D eigenvalue weighted by Crippen LogP contribution is 2.39. The van der Waals surface area contributed by atoms with E-state index in [-0.39, 0.29) is 23.0 Å². The van der Waals surface area contributed by atoms with Gasteiger partial charge in [0.2, 0.25) is 5.75 Å². The van der Waals surface area contributed by atoms with Crippen LogP contribution in [0.2, 0.25) is 0 Å². The van der Waals surface area contributed by atoms with Gasteiger partial charge in [0, 0.05) is 12.5 Å². The molecule has 0 unspecified atom stereocenters. The molecule has 2 aromatic carbocycles. The number of hydrogen-bond donors (Lipinski definition) is 4. The van der Waals surface area contributed by atoms with Crippen molar-refractivity contribution >= 4 is 5.69 Å². The molecule has 0 spiro atoms. The van der Waals surface area contributed by atoms with Crippen LogP contribution in [0.1, 0.15) is 11.4 Å². The second kappa shape index (κ2) is 6.59. The Balaban J connectivity index is 1.79. The van der Waals surface area contributed by atoms with Gasteiger partial charge in [-0.2, -0.15) is 4.98 Å². The third-order valence-corrected chi connectivity index (χ3v) is 3.66. The third kappa shape index (κ3) is 3.34. The SMILES string of the molecule is O=[N+]([O-])c1cc(-c2nc(CCc3ccc(O)c(O)c3)no2)cc(O)c1O. The molecule has 134 valence electrons. The summed E-state index contributed by atoms with van der Waals surface area (Å²) in [4.78, 5) is 14.2. The summed E-state index contributed by atoms with van der Waals surface area (Å²) in [6.45, 7) is 0. The number of nitro groups is 1. The molecule has 3 rings (SSSR count). The fourth-order valence-electron chi connectivity index (χ4n) is 2.32. The predicted molar refractivity (Wildman–Crippen MR) is 86.9 cm³/mol. The zero-order valence-electron chi connectivity index (χ0n) is 13.2. The Morgan fingerprint density at radius 2 is 1.77 bits per heavy atom. The number of aromatic hydroxyl groups is 4. The van der Waals surface area contributed by atoms with Crippen LogP contribution in [0.5, 0.6) is 23.0 Å². The Kier molecular flexibility index (Phi) is 4.31. The molecule has 0 aliphatic carbocycles. The zero-order valence-corrected chi connectivity index (χ0v) is 13.2. The van der Waals surface area contributed by atoms with Gasteiger partial charge in [0.25, 0.3) is 5.89 Å². The molecular weight excluding hydrogens is 346 g/mol. The van der Waals surface area contributed by atoms with E-state index >= 15 is 0 Å². The Hall–Kier alpha value is -3.82. The summed E-state index contributed by atoms with van der Waals surface area (Å²) in [5.41, 5.74) is 0.150. The lowest BCUT2D eigenvalue weighted by Gasteiger charge is -2.02. The topological polar surface area (TPSA) is 163 Å². The molecule has 3 aromatic rings. The second-order valence-electron chi connectivity index (χ2n) is 5.46. The Bertz CT molecular complexity index is 984. The molecule has 0 radical (unpaired) electrons. The first-order valence-corrected chi connectivity index (χ1v) is 7.39. The second-order valence-corrected chi connectivity index (χ2v) is 5.46. The first-order chi connectivity index (χ1) is 12.3. The van der Waals surface area contributed by atoms with E-state index in [4.69, 9.17) is 4.52 Å². The van der Waals surface area contributed by atoms with E-state index in [0.29, 0.717) is 18.7 Å². The highest BCUT2D eigenvalue weighted by Gasteiger charge is 2.22. The number of aromatic nitrogens is 2. The first kappa shape index (κ1) is 17.0. The monoisotopic (exact) mass is 359 g/mol. The smallest absolute Gasteiger partial charge is 0.315 e. The average molecular weight is 359 g/mol. The van der Waals surface area contributed by atoms with Crippen molar-refractivity contribution in [2.24, 2.45) is 0 Å². The van der Waals surface area contributed by atoms with Crippen molar-refractivity contribution in [1.82, 2.24) is 10.1 Å². The maximum Gasteiger partial charge on any atom is 0.315 e. The van der Waals surface area contributed by atoms with Gasteiger partial charge < -0.3 is 24.9 Å². The molecule has 0 aliphatic rings. The molecule has 0 fully saturated rings. The molecule has 0 atom stereocenters. The fraction of sp³-hybridized carbons (Fsp3) is 0.125. The molecule has 0 bridgehead atoms. The van der Waals surface area contributed by atoms with Crippen molar-refractivity contribution in [2.75, 3.05) is 0 Å². The van der Waals surface area contributed by atoms with E-state index in [0.717, 1.165) is 17.7 Å². The van der Waals surface area contributed by atoms with Gasteiger partial charge in [-0.3, -0.25) is 10.1 Å².